The number of halogens is 3. The predicted octanol–water partition coefficient (Wildman–Crippen LogP) is -1.42. The fraction of sp³-hybridized carbons (Fsp3) is 0.500. The molecule has 8 N–H and O–H groups in total. The van der Waals surface area contributed by atoms with Gasteiger partial charge in [-0.25, -0.2) is 0 Å². The minimum atomic E-state index is -2.21. The van der Waals surface area contributed by atoms with Crippen molar-refractivity contribution in [2.75, 3.05) is 37.0 Å². The molecule has 0 aliphatic rings. The molecule has 186 valence electrons. The maximum atomic E-state index is 12.6. The summed E-state index contributed by atoms with van der Waals surface area (Å²) in [6.45, 7) is -0.102. The molecule has 1 aromatic carbocycles. The van der Waals surface area contributed by atoms with Gasteiger partial charge < -0.3 is 46.2 Å². The molecule has 12 nitrogen and oxygen atoms in total. The highest BCUT2D eigenvalue weighted by molar-refractivity contribution is 14.1. The summed E-state index contributed by atoms with van der Waals surface area (Å²) in [5.74, 6) is -2.13. The van der Waals surface area contributed by atoms with Crippen molar-refractivity contribution in [2.24, 2.45) is 0 Å². The summed E-state index contributed by atoms with van der Waals surface area (Å²) in [6, 6.07) is 0. The highest BCUT2D eigenvalue weighted by atomic mass is 127. The number of nitrogens with zero attached hydrogens (tertiary/aromatic N) is 1. The van der Waals surface area contributed by atoms with Gasteiger partial charge >= 0.3 is 0 Å². The number of amides is 3. The number of rotatable bonds is 10. The van der Waals surface area contributed by atoms with Gasteiger partial charge in [0.15, 0.2) is 6.10 Å². The molecule has 0 radical (unpaired) electrons. The number of hydrogen-bond acceptors (Lipinski definition) is 9. The van der Waals surface area contributed by atoms with E-state index in [1.807, 2.05) is 67.8 Å². The molecule has 0 unspecified atom stereocenters. The van der Waals surface area contributed by atoms with Crippen LogP contribution in [0.4, 0.5) is 11.4 Å². The van der Waals surface area contributed by atoms with Crippen molar-refractivity contribution in [3.8, 4) is 0 Å². The van der Waals surface area contributed by atoms with Gasteiger partial charge in [-0.2, -0.15) is 0 Å². The molecule has 4 atom stereocenters. The third-order valence-electron chi connectivity index (χ3n) is 4.49. The van der Waals surface area contributed by atoms with Gasteiger partial charge in [-0.1, -0.05) is 0 Å². The van der Waals surface area contributed by atoms with Gasteiger partial charge in [0.2, 0.25) is 5.91 Å². The monoisotopic (exact) mass is 807 g/mol. The number of aliphatic hydroxyl groups is 6. The zero-order chi connectivity index (χ0) is 25.6. The fourth-order valence-electron chi connectivity index (χ4n) is 2.72. The van der Waals surface area contributed by atoms with Gasteiger partial charge in [0.25, 0.3) is 11.8 Å². The van der Waals surface area contributed by atoms with E-state index in [1.165, 1.54) is 18.9 Å². The van der Waals surface area contributed by atoms with Crippen molar-refractivity contribution in [2.45, 2.75) is 31.3 Å². The van der Waals surface area contributed by atoms with Crippen LogP contribution in [0.15, 0.2) is 0 Å². The van der Waals surface area contributed by atoms with Crippen LogP contribution < -0.4 is 15.5 Å². The highest BCUT2D eigenvalue weighted by Gasteiger charge is 2.36. The van der Waals surface area contributed by atoms with Gasteiger partial charge in [-0.15, -0.1) is 0 Å². The van der Waals surface area contributed by atoms with Gasteiger partial charge in [-0.05, 0) is 67.8 Å². The molecular formula is C18H24I3N3O9. The Morgan fingerprint density at radius 3 is 2.00 bits per heavy atom. The summed E-state index contributed by atoms with van der Waals surface area (Å²) < 4.78 is 0.955. The number of carbonyl (C=O) groups excluding carboxylic acids is 3. The predicted molar refractivity (Wildman–Crippen MR) is 143 cm³/mol. The second kappa shape index (κ2) is 13.6. The third kappa shape index (κ3) is 7.06. The van der Waals surface area contributed by atoms with E-state index in [4.69, 9.17) is 5.11 Å². The smallest absolute Gasteiger partial charge is 0.256 e. The van der Waals surface area contributed by atoms with E-state index in [0.29, 0.717) is 7.14 Å². The number of aliphatic hydroxyl groups excluding tert-OH is 6. The van der Waals surface area contributed by atoms with E-state index in [2.05, 4.69) is 10.6 Å². The van der Waals surface area contributed by atoms with Crippen LogP contribution >= 0.6 is 67.8 Å². The SMILES string of the molecule is CNC(=O)c1c(I)c(NC(=O)[C@H](O)[C@H](O)[C@H](O)[C@@H](O)CO)c(I)c(N(CCO)C(C)=O)c1I. The number of anilines is 2. The Bertz CT molecular complexity index is 903. The second-order valence-corrected chi connectivity index (χ2v) is 9.92. The van der Waals surface area contributed by atoms with Crippen molar-refractivity contribution >= 4 is 96.9 Å². The van der Waals surface area contributed by atoms with Gasteiger partial charge in [0.1, 0.15) is 18.3 Å². The lowest BCUT2D eigenvalue weighted by molar-refractivity contribution is -0.144. The quantitative estimate of drug-likeness (QED) is 0.131. The van der Waals surface area contributed by atoms with Gasteiger partial charge in [0.05, 0.1) is 40.9 Å². The minimum Gasteiger partial charge on any atom is -0.395 e. The van der Waals surface area contributed by atoms with E-state index in [0.717, 1.165) is 0 Å². The summed E-state index contributed by atoms with van der Waals surface area (Å²) in [7, 11) is 1.40. The summed E-state index contributed by atoms with van der Waals surface area (Å²) >= 11 is 5.53. The minimum absolute atomic E-state index is 0.0443. The topological polar surface area (TPSA) is 200 Å². The van der Waals surface area contributed by atoms with Crippen molar-refractivity contribution in [3.05, 3.63) is 16.3 Å². The van der Waals surface area contributed by atoms with Crippen LogP contribution in [0.5, 0.6) is 0 Å². The van der Waals surface area contributed by atoms with E-state index < -0.39 is 48.7 Å². The van der Waals surface area contributed by atoms with E-state index in [1.54, 1.807) is 0 Å². The molecule has 1 rings (SSSR count). The lowest BCUT2D eigenvalue weighted by Gasteiger charge is -2.28. The van der Waals surface area contributed by atoms with E-state index >= 15 is 0 Å². The lowest BCUT2D eigenvalue weighted by Crippen LogP contribution is -2.50. The molecule has 0 bridgehead atoms. The van der Waals surface area contributed by atoms with Crippen LogP contribution in [0.25, 0.3) is 0 Å². The molecule has 0 spiro atoms. The Hall–Kier alpha value is -0.420. The Labute approximate surface area is 230 Å². The van der Waals surface area contributed by atoms with Crippen molar-refractivity contribution in [1.29, 1.82) is 0 Å². The average molecular weight is 807 g/mol. The number of hydrogen-bond donors (Lipinski definition) is 8. The molecule has 0 saturated heterocycles. The van der Waals surface area contributed by atoms with Crippen LogP contribution in [0.1, 0.15) is 17.3 Å². The van der Waals surface area contributed by atoms with E-state index in [-0.39, 0.29) is 33.7 Å². The van der Waals surface area contributed by atoms with Gasteiger partial charge in [0, 0.05) is 20.5 Å². The molecule has 33 heavy (non-hydrogen) atoms. The first kappa shape index (κ1) is 30.6. The van der Waals surface area contributed by atoms with Crippen LogP contribution in [0.3, 0.4) is 0 Å². The maximum Gasteiger partial charge on any atom is 0.256 e. The summed E-state index contributed by atoms with van der Waals surface area (Å²) in [6.07, 6.45) is -8.15. The number of nitrogens with one attached hydrogen (secondary N) is 2. The normalized spacial score (nSPS) is 14.8. The fourth-order valence-corrected chi connectivity index (χ4v) is 7.23. The zero-order valence-corrected chi connectivity index (χ0v) is 23.9. The largest absolute Gasteiger partial charge is 0.395 e. The molecule has 0 aliphatic heterocycles. The Morgan fingerprint density at radius 1 is 0.970 bits per heavy atom. The molecule has 0 heterocycles. The van der Waals surface area contributed by atoms with Crippen LogP contribution in [0.2, 0.25) is 0 Å². The molecule has 15 heteroatoms. The Balaban J connectivity index is 3.60. The first-order valence-electron chi connectivity index (χ1n) is 9.30. The van der Waals surface area contributed by atoms with Crippen molar-refractivity contribution < 1.29 is 45.0 Å². The Morgan fingerprint density at radius 2 is 1.55 bits per heavy atom. The molecule has 3 amide bonds. The summed E-state index contributed by atoms with van der Waals surface area (Å²) in [4.78, 5) is 38.7. The van der Waals surface area contributed by atoms with Crippen LogP contribution in [-0.2, 0) is 9.59 Å². The first-order valence-corrected chi connectivity index (χ1v) is 12.5. The van der Waals surface area contributed by atoms with Gasteiger partial charge in [-0.3, -0.25) is 14.4 Å². The molecule has 0 aliphatic carbocycles. The standard InChI is InChI=1S/C18H24I3N3O9/c1-6(27)24(3-4-25)13-10(20)8(17(32)22-2)9(19)12(11(13)21)23-18(33)16(31)15(30)14(29)7(28)5-26/h7,14-16,25-26,28-31H,3-5H2,1-2H3,(H,22,32)(H,23,33)/t7-,14+,15+,16+/m0/s1. The average Bonchev–Trinajstić information content (AvgIpc) is 2.78. The zero-order valence-electron chi connectivity index (χ0n) is 17.4. The maximum absolute atomic E-state index is 12.6. The molecular weight excluding hydrogens is 783 g/mol. The summed E-state index contributed by atoms with van der Waals surface area (Å²) in [5.41, 5.74) is 0.417. The van der Waals surface area contributed by atoms with Crippen LogP contribution in [0, 0.1) is 10.7 Å². The summed E-state index contributed by atoms with van der Waals surface area (Å²) in [5, 5.41) is 62.6. The third-order valence-corrected chi connectivity index (χ3v) is 7.67. The Kier molecular flexibility index (Phi) is 12.6. The first-order chi connectivity index (χ1) is 15.3. The van der Waals surface area contributed by atoms with Crippen LogP contribution in [-0.4, -0.2) is 99.6 Å². The number of benzene rings is 1. The second-order valence-electron chi connectivity index (χ2n) is 6.68. The van der Waals surface area contributed by atoms with Crippen molar-refractivity contribution in [3.63, 3.8) is 0 Å². The number of carbonyl (C=O) groups is 3. The molecule has 0 saturated carbocycles. The molecule has 0 aromatic heterocycles. The lowest BCUT2D eigenvalue weighted by atomic mass is 10.0. The van der Waals surface area contributed by atoms with E-state index in [9.17, 15) is 39.9 Å². The molecule has 0 fully saturated rings. The molecule has 1 aromatic rings. The highest BCUT2D eigenvalue weighted by Crippen LogP contribution is 2.41. The van der Waals surface area contributed by atoms with Crippen molar-refractivity contribution in [1.82, 2.24) is 5.32 Å².